The normalized spacial score (nSPS) is 26.6. The van der Waals surface area contributed by atoms with Crippen LogP contribution in [-0.2, 0) is 0 Å². The maximum absolute atomic E-state index is 6.28. The number of rotatable bonds is 3. The molecule has 3 rings (SSSR count). The molecule has 106 valence electrons. The lowest BCUT2D eigenvalue weighted by atomic mass is 9.82. The number of nitrogens with two attached hydrogens (primary N) is 1. The zero-order valence-electron chi connectivity index (χ0n) is 11.7. The monoisotopic (exact) mass is 288 g/mol. The number of thioether (sulfide) groups is 1. The summed E-state index contributed by atoms with van der Waals surface area (Å²) >= 11 is 1.69. The molecule has 0 bridgehead atoms. The van der Waals surface area contributed by atoms with Crippen molar-refractivity contribution in [1.29, 1.82) is 0 Å². The lowest BCUT2D eigenvalue weighted by molar-refractivity contribution is 0.399. The lowest BCUT2D eigenvalue weighted by Gasteiger charge is -2.33. The third kappa shape index (κ3) is 3.07. The van der Waals surface area contributed by atoms with Gasteiger partial charge in [0.2, 0.25) is 0 Å². The van der Waals surface area contributed by atoms with E-state index in [0.29, 0.717) is 11.2 Å². The molecule has 0 saturated heterocycles. The van der Waals surface area contributed by atoms with Crippen LogP contribution in [0.3, 0.4) is 0 Å². The highest BCUT2D eigenvalue weighted by Gasteiger charge is 2.30. The molecule has 1 aromatic heterocycles. The molecule has 0 amide bonds. The predicted octanol–water partition coefficient (Wildman–Crippen LogP) is 3.74. The molecular weight excluding hydrogens is 268 g/mol. The quantitative estimate of drug-likeness (QED) is 0.934. The van der Waals surface area contributed by atoms with Crippen LogP contribution < -0.4 is 5.73 Å². The first-order valence-electron chi connectivity index (χ1n) is 7.11. The van der Waals surface area contributed by atoms with Gasteiger partial charge in [-0.3, -0.25) is 0 Å². The van der Waals surface area contributed by atoms with Crippen molar-refractivity contribution in [3.8, 4) is 0 Å². The molecule has 3 unspecified atom stereocenters. The summed E-state index contributed by atoms with van der Waals surface area (Å²) in [5, 5.41) is 1.13. The fourth-order valence-corrected chi connectivity index (χ4v) is 4.03. The Bertz CT molecular complexity index is 555. The van der Waals surface area contributed by atoms with E-state index < -0.39 is 0 Å². The van der Waals surface area contributed by atoms with Gasteiger partial charge in [-0.05, 0) is 37.7 Å². The number of hydrogen-bond donors (Lipinski definition) is 1. The van der Waals surface area contributed by atoms with E-state index in [0.717, 1.165) is 23.8 Å². The number of aromatic nitrogens is 1. The molecule has 0 aliphatic heterocycles. The summed E-state index contributed by atoms with van der Waals surface area (Å²) in [6.45, 7) is 1.95. The molecule has 1 aromatic carbocycles. The van der Waals surface area contributed by atoms with Crippen LogP contribution in [0.4, 0.5) is 0 Å². The summed E-state index contributed by atoms with van der Waals surface area (Å²) in [6, 6.07) is 11.0. The van der Waals surface area contributed by atoms with Crippen molar-refractivity contribution >= 4 is 11.8 Å². The van der Waals surface area contributed by atoms with Gasteiger partial charge in [0.15, 0.2) is 0 Å². The Morgan fingerprint density at radius 3 is 2.75 bits per heavy atom. The van der Waals surface area contributed by atoms with E-state index in [1.165, 1.54) is 12.0 Å². The Kier molecular flexibility index (Phi) is 4.13. The van der Waals surface area contributed by atoms with Crippen LogP contribution in [-0.4, -0.2) is 16.3 Å². The van der Waals surface area contributed by atoms with Crippen LogP contribution in [0.25, 0.3) is 0 Å². The summed E-state index contributed by atoms with van der Waals surface area (Å²) in [4.78, 5) is 4.38. The molecule has 3 atom stereocenters. The van der Waals surface area contributed by atoms with Gasteiger partial charge in [-0.15, -0.1) is 0 Å². The third-order valence-corrected chi connectivity index (χ3v) is 5.20. The zero-order chi connectivity index (χ0) is 13.9. The highest BCUT2D eigenvalue weighted by molar-refractivity contribution is 7.99. The van der Waals surface area contributed by atoms with Crippen molar-refractivity contribution in [1.82, 2.24) is 4.98 Å². The molecule has 2 N–H and O–H groups in total. The number of oxazole rings is 1. The van der Waals surface area contributed by atoms with E-state index in [1.807, 2.05) is 6.92 Å². The Morgan fingerprint density at radius 1 is 1.25 bits per heavy atom. The van der Waals surface area contributed by atoms with Crippen molar-refractivity contribution in [2.75, 3.05) is 0 Å². The van der Waals surface area contributed by atoms with Gasteiger partial charge in [-0.1, -0.05) is 42.1 Å². The maximum atomic E-state index is 6.28. The molecule has 1 saturated carbocycles. The Morgan fingerprint density at radius 2 is 2.05 bits per heavy atom. The van der Waals surface area contributed by atoms with Gasteiger partial charge < -0.3 is 10.2 Å². The van der Waals surface area contributed by atoms with E-state index in [4.69, 9.17) is 10.2 Å². The lowest BCUT2D eigenvalue weighted by Crippen LogP contribution is -2.37. The third-order valence-electron chi connectivity index (χ3n) is 3.96. The van der Waals surface area contributed by atoms with Crippen LogP contribution in [0.1, 0.15) is 36.4 Å². The van der Waals surface area contributed by atoms with Crippen molar-refractivity contribution in [2.45, 2.75) is 48.6 Å². The number of hydrogen-bond acceptors (Lipinski definition) is 4. The van der Waals surface area contributed by atoms with Gasteiger partial charge in [0.1, 0.15) is 6.26 Å². The second-order valence-corrected chi connectivity index (χ2v) is 6.69. The summed E-state index contributed by atoms with van der Waals surface area (Å²) in [5.41, 5.74) is 8.64. The number of benzene rings is 1. The standard InChI is InChI=1S/C16H20N2OS/c1-11-10-19-16(18-11)20-15-9-13(7-8-14(15)17)12-5-3-2-4-6-12/h2-6,10,13-15H,7-9,17H2,1H3. The molecule has 4 heteroatoms. The summed E-state index contributed by atoms with van der Waals surface area (Å²) in [6.07, 6.45) is 5.03. The van der Waals surface area contributed by atoms with Crippen molar-refractivity contribution < 1.29 is 4.42 Å². The van der Waals surface area contributed by atoms with Gasteiger partial charge in [-0.25, -0.2) is 4.98 Å². The van der Waals surface area contributed by atoms with Crippen LogP contribution in [0.5, 0.6) is 0 Å². The van der Waals surface area contributed by atoms with E-state index in [9.17, 15) is 0 Å². The van der Waals surface area contributed by atoms with E-state index in [1.54, 1.807) is 18.0 Å². The second-order valence-electron chi connectivity index (χ2n) is 5.50. The highest BCUT2D eigenvalue weighted by Crippen LogP contribution is 2.39. The molecule has 1 aliphatic carbocycles. The minimum atomic E-state index is 0.229. The fraction of sp³-hybridized carbons (Fsp3) is 0.438. The van der Waals surface area contributed by atoms with Gasteiger partial charge in [0.25, 0.3) is 5.22 Å². The van der Waals surface area contributed by atoms with Crippen molar-refractivity contribution in [3.63, 3.8) is 0 Å². The molecule has 3 nitrogen and oxygen atoms in total. The zero-order valence-corrected chi connectivity index (χ0v) is 12.5. The van der Waals surface area contributed by atoms with Gasteiger partial charge in [0.05, 0.1) is 5.69 Å². The molecule has 1 fully saturated rings. The van der Waals surface area contributed by atoms with Crippen LogP contribution in [0.15, 0.2) is 46.2 Å². The Hall–Kier alpha value is -1.26. The largest absolute Gasteiger partial charge is 0.440 e. The Labute approximate surface area is 124 Å². The first kappa shape index (κ1) is 13.7. The topological polar surface area (TPSA) is 52.0 Å². The Balaban J connectivity index is 1.70. The molecular formula is C16H20N2OS. The van der Waals surface area contributed by atoms with E-state index >= 15 is 0 Å². The SMILES string of the molecule is Cc1coc(SC2CC(c3ccccc3)CCC2N)n1. The average molecular weight is 288 g/mol. The minimum Gasteiger partial charge on any atom is -0.440 e. The minimum absolute atomic E-state index is 0.229. The number of aryl methyl sites for hydroxylation is 1. The van der Waals surface area contributed by atoms with E-state index in [2.05, 4.69) is 35.3 Å². The number of nitrogens with zero attached hydrogens (tertiary/aromatic N) is 1. The average Bonchev–Trinajstić information content (AvgIpc) is 2.88. The van der Waals surface area contributed by atoms with Crippen molar-refractivity contribution in [3.05, 3.63) is 47.9 Å². The van der Waals surface area contributed by atoms with E-state index in [-0.39, 0.29) is 6.04 Å². The van der Waals surface area contributed by atoms with Gasteiger partial charge >= 0.3 is 0 Å². The summed E-state index contributed by atoms with van der Waals surface area (Å²) in [7, 11) is 0. The fourth-order valence-electron chi connectivity index (χ4n) is 2.83. The summed E-state index contributed by atoms with van der Waals surface area (Å²) in [5.74, 6) is 0.601. The van der Waals surface area contributed by atoms with Crippen LogP contribution >= 0.6 is 11.8 Å². The van der Waals surface area contributed by atoms with Crippen LogP contribution in [0, 0.1) is 6.92 Å². The molecule has 1 heterocycles. The first-order valence-corrected chi connectivity index (χ1v) is 7.99. The highest BCUT2D eigenvalue weighted by atomic mass is 32.2. The molecule has 1 aliphatic rings. The first-order chi connectivity index (χ1) is 9.72. The van der Waals surface area contributed by atoms with Gasteiger partial charge in [-0.2, -0.15) is 0 Å². The molecule has 0 radical (unpaired) electrons. The van der Waals surface area contributed by atoms with Crippen molar-refractivity contribution in [2.24, 2.45) is 5.73 Å². The predicted molar refractivity (Wildman–Crippen MR) is 81.9 cm³/mol. The van der Waals surface area contributed by atoms with Gasteiger partial charge in [0, 0.05) is 11.3 Å². The van der Waals surface area contributed by atoms with Crippen LogP contribution in [0.2, 0.25) is 0 Å². The molecule has 20 heavy (non-hydrogen) atoms. The maximum Gasteiger partial charge on any atom is 0.256 e. The summed E-state index contributed by atoms with van der Waals surface area (Å²) < 4.78 is 5.45. The molecule has 2 aromatic rings. The second kappa shape index (κ2) is 6.02. The smallest absolute Gasteiger partial charge is 0.256 e. The molecule has 0 spiro atoms.